The van der Waals surface area contributed by atoms with E-state index in [0.717, 1.165) is 0 Å². The molecule has 0 saturated carbocycles. The lowest BCUT2D eigenvalue weighted by atomic mass is 9.82. The number of anilines is 10. The minimum Gasteiger partial charge on any atom is -0.344 e. The Morgan fingerprint density at radius 1 is 0.153 bits per heavy atom. The highest BCUT2D eigenvalue weighted by atomic mass is 15.1. The number of fused-ring (bicyclic) bond motifs is 24. The number of benzene rings is 14. The van der Waals surface area contributed by atoms with Gasteiger partial charge in [0.1, 0.15) is 0 Å². The Bertz CT molecular complexity index is 5800. The Morgan fingerprint density at radius 3 is 0.806 bits per heavy atom. The van der Waals surface area contributed by atoms with Gasteiger partial charge in [-0.3, -0.25) is 0 Å². The molecule has 636 valence electrons. The third-order valence-electron chi connectivity index (χ3n) is 27.4. The number of nitrogens with zero attached hydrogens (tertiary/aromatic N) is 5. The van der Waals surface area contributed by atoms with Gasteiger partial charge in [0.25, 0.3) is 0 Å². The van der Waals surface area contributed by atoms with E-state index in [9.17, 15) is 0 Å². The lowest BCUT2D eigenvalue weighted by Crippen LogP contribution is -2.22. The molecule has 124 heavy (non-hydrogen) atoms. The van der Waals surface area contributed by atoms with Gasteiger partial charge in [-0.25, -0.2) is 0 Å². The predicted molar refractivity (Wildman–Crippen MR) is 542 cm³/mol. The van der Waals surface area contributed by atoms with Crippen LogP contribution in [0.2, 0.25) is 0 Å². The van der Waals surface area contributed by atoms with Gasteiger partial charge in [-0.05, 0) is 194 Å². The average Bonchev–Trinajstić information content (AvgIpc) is 1.54. The molecule has 0 radical (unpaired) electrons. The topological polar surface area (TPSA) is 16.2 Å². The van der Waals surface area contributed by atoms with Crippen LogP contribution in [0, 0.1) is 0 Å². The first-order valence-electron chi connectivity index (χ1n) is 46.8. The maximum Gasteiger partial charge on any atom is 0.0529 e. The largest absolute Gasteiger partial charge is 0.344 e. The zero-order valence-electron chi connectivity index (χ0n) is 79.1. The summed E-state index contributed by atoms with van der Waals surface area (Å²) in [5.41, 5.74) is 50.9. The third-order valence-corrected chi connectivity index (χ3v) is 27.4. The molecule has 8 atom stereocenters. The van der Waals surface area contributed by atoms with Crippen molar-refractivity contribution in [2.45, 2.75) is 199 Å². The monoisotopic (exact) mass is 1630 g/mol. The van der Waals surface area contributed by atoms with Crippen molar-refractivity contribution >= 4 is 56.9 Å². The van der Waals surface area contributed by atoms with Gasteiger partial charge in [-0.2, -0.15) is 0 Å². The second-order valence-electron chi connectivity index (χ2n) is 32.9. The standard InChI is InChI=1S/4C23H21N.C15H15N.6C2H6/c1-14-16-8-4-5-10-18(16)21-12-20-15(2)17-9-6-7-11-22(17)24(3)23(20)13-19(14)21;1-14-16-8-4-5-10-18(16)21-13-23-20(12-19(14)21)15(2)17-9-6-7-11-22(17)24(23)3;1-14-17-9-6-7-11-21(17)24(3)23-18(14)12-13-20-19-10-5-4-8-16(19)15(2)22(20)23;1-14-16-8-4-5-10-20(16)22-18(14)12-13-19-15(2)17-9-6-7-11-21(17)24(3)23(19)22;1-11-12-7-3-5-9-14(12)16(2)15-10-6-4-8-13(11)15;6*1-2/h4*4-15H,1-3H3;3-11H,1-2H3;6*1-2H3. The molecule has 5 nitrogen and oxygen atoms in total. The van der Waals surface area contributed by atoms with Gasteiger partial charge in [0.15, 0.2) is 0 Å². The molecule has 4 aliphatic carbocycles. The van der Waals surface area contributed by atoms with E-state index in [4.69, 9.17) is 0 Å². The summed E-state index contributed by atoms with van der Waals surface area (Å²) in [5.74, 6) is 4.11. The number of hydrogen-bond acceptors (Lipinski definition) is 5. The van der Waals surface area contributed by atoms with Crippen LogP contribution in [0.25, 0.3) is 44.5 Å². The zero-order chi connectivity index (χ0) is 88.8. The molecular formula is C119H135N5. The Kier molecular flexibility index (Phi) is 28.2. The summed E-state index contributed by atoms with van der Waals surface area (Å²) in [7, 11) is 11.0. The van der Waals surface area contributed by atoms with E-state index in [2.05, 4.69) is 413 Å². The van der Waals surface area contributed by atoms with Crippen molar-refractivity contribution in [3.8, 4) is 44.5 Å². The van der Waals surface area contributed by atoms with E-state index in [1.165, 1.54) is 202 Å². The predicted octanol–water partition coefficient (Wildman–Crippen LogP) is 34.3. The highest BCUT2D eigenvalue weighted by molar-refractivity contribution is 5.96. The van der Waals surface area contributed by atoms with E-state index >= 15 is 0 Å². The van der Waals surface area contributed by atoms with Crippen molar-refractivity contribution in [2.75, 3.05) is 59.7 Å². The van der Waals surface area contributed by atoms with Gasteiger partial charge >= 0.3 is 0 Å². The van der Waals surface area contributed by atoms with Crippen LogP contribution in [0.4, 0.5) is 56.9 Å². The van der Waals surface area contributed by atoms with Gasteiger partial charge in [0.2, 0.25) is 0 Å². The first-order chi connectivity index (χ1) is 60.5. The molecule has 0 aromatic heterocycles. The van der Waals surface area contributed by atoms with Crippen LogP contribution in [0.1, 0.15) is 299 Å². The van der Waals surface area contributed by atoms with E-state index in [-0.39, 0.29) is 0 Å². The highest BCUT2D eigenvalue weighted by Crippen LogP contribution is 2.60. The van der Waals surface area contributed by atoms with Crippen LogP contribution in [0.3, 0.4) is 0 Å². The number of rotatable bonds is 0. The molecule has 0 fully saturated rings. The molecule has 23 rings (SSSR count). The molecule has 5 aliphatic heterocycles. The van der Waals surface area contributed by atoms with E-state index in [1.807, 2.05) is 83.1 Å². The summed E-state index contributed by atoms with van der Waals surface area (Å²) in [6, 6.07) is 107. The molecule has 5 heterocycles. The van der Waals surface area contributed by atoms with Crippen LogP contribution in [-0.4, -0.2) is 35.2 Å². The molecular weight excluding hydrogens is 1500 g/mol. The van der Waals surface area contributed by atoms with Gasteiger partial charge in [-0.15, -0.1) is 0 Å². The molecule has 5 heteroatoms. The summed E-state index contributed by atoms with van der Waals surface area (Å²) in [4.78, 5) is 11.8. The lowest BCUT2D eigenvalue weighted by Gasteiger charge is -2.36. The zero-order valence-corrected chi connectivity index (χ0v) is 79.1. The minimum atomic E-state index is 0.431. The maximum absolute atomic E-state index is 2.46. The van der Waals surface area contributed by atoms with Crippen LogP contribution in [-0.2, 0) is 0 Å². The Balaban J connectivity index is 0.000000130. The van der Waals surface area contributed by atoms with Gasteiger partial charge in [0, 0.05) is 145 Å². The van der Waals surface area contributed by atoms with E-state index in [1.54, 1.807) is 0 Å². The summed E-state index contributed by atoms with van der Waals surface area (Å²) in [6.07, 6.45) is 0. The van der Waals surface area contributed by atoms with Crippen LogP contribution in [0.5, 0.6) is 0 Å². The van der Waals surface area contributed by atoms with Crippen molar-refractivity contribution in [1.29, 1.82) is 0 Å². The van der Waals surface area contributed by atoms with Crippen molar-refractivity contribution in [1.82, 2.24) is 0 Å². The lowest BCUT2D eigenvalue weighted by molar-refractivity contribution is 0.862. The SMILES string of the molecule is CC.CC.CC.CC.CC.CC.CC1c2ccccc2-c2c1ccc1c2N(C)c2ccccc2C1C.CC1c2ccccc2-c2cc3c(cc21)C(C)c1ccccc1N3C.CC1c2ccccc2-c2cc3c(cc21)N(C)c1ccccc1C3C.CC1c2ccccc2N(C)c2c1ccc1c2C(C)c2ccccc2-1.CC1c2ccccc2N(C)c2ccccc21. The smallest absolute Gasteiger partial charge is 0.0529 e. The first-order valence-corrected chi connectivity index (χ1v) is 46.8. The van der Waals surface area contributed by atoms with Gasteiger partial charge < -0.3 is 24.5 Å². The fourth-order valence-electron chi connectivity index (χ4n) is 21.2. The minimum absolute atomic E-state index is 0.431. The molecule has 8 unspecified atom stereocenters. The fourth-order valence-corrected chi connectivity index (χ4v) is 21.2. The van der Waals surface area contributed by atoms with Crippen molar-refractivity contribution in [2.24, 2.45) is 0 Å². The number of hydrogen-bond donors (Lipinski definition) is 0. The summed E-state index contributed by atoms with van der Waals surface area (Å²) < 4.78 is 0. The van der Waals surface area contributed by atoms with Crippen LogP contribution in [0.15, 0.2) is 291 Å². The third kappa shape index (κ3) is 15.4. The molecule has 14 aromatic rings. The highest BCUT2D eigenvalue weighted by Gasteiger charge is 2.39. The Labute approximate surface area is 746 Å². The molecule has 9 aliphatic rings. The average molecular weight is 1640 g/mol. The molecule has 0 spiro atoms. The van der Waals surface area contributed by atoms with E-state index in [0.29, 0.717) is 53.3 Å². The summed E-state index contributed by atoms with van der Waals surface area (Å²) in [6.45, 7) is 45.0. The van der Waals surface area contributed by atoms with Gasteiger partial charge in [-0.1, -0.05) is 382 Å². The molecule has 14 aromatic carbocycles. The first kappa shape index (κ1) is 89.8. The van der Waals surface area contributed by atoms with Crippen LogP contribution >= 0.6 is 0 Å². The second-order valence-corrected chi connectivity index (χ2v) is 32.9. The number of para-hydroxylation sites is 6. The Hall–Kier alpha value is -11.9. The van der Waals surface area contributed by atoms with Crippen LogP contribution < -0.4 is 24.5 Å². The van der Waals surface area contributed by atoms with Crippen molar-refractivity contribution in [3.63, 3.8) is 0 Å². The maximum atomic E-state index is 2.46. The fraction of sp³-hybridized carbons (Fsp3) is 0.294. The summed E-state index contributed by atoms with van der Waals surface area (Å²) in [5, 5.41) is 0. The molecule has 0 saturated heterocycles. The van der Waals surface area contributed by atoms with Gasteiger partial charge in [0.05, 0.1) is 5.69 Å². The second kappa shape index (κ2) is 38.9. The van der Waals surface area contributed by atoms with E-state index < -0.39 is 0 Å². The van der Waals surface area contributed by atoms with Crippen molar-refractivity contribution in [3.05, 3.63) is 391 Å². The molecule has 0 amide bonds. The molecule has 0 bridgehead atoms. The van der Waals surface area contributed by atoms with Crippen molar-refractivity contribution < 1.29 is 0 Å². The normalized spacial score (nSPS) is 17.8. The Morgan fingerprint density at radius 2 is 0.395 bits per heavy atom. The quantitative estimate of drug-likeness (QED) is 0.150. The molecule has 0 N–H and O–H groups in total. The summed E-state index contributed by atoms with van der Waals surface area (Å²) >= 11 is 0.